The van der Waals surface area contributed by atoms with E-state index in [2.05, 4.69) is 53.2 Å². The van der Waals surface area contributed by atoms with Crippen molar-refractivity contribution in [3.05, 3.63) is 0 Å². The van der Waals surface area contributed by atoms with Crippen LogP contribution in [0, 0.1) is 29.6 Å². The Morgan fingerprint density at radius 2 is 1.02 bits per heavy atom. The van der Waals surface area contributed by atoms with Crippen LogP contribution in [0.2, 0.25) is 0 Å². The van der Waals surface area contributed by atoms with Crippen LogP contribution in [0.25, 0.3) is 0 Å². The highest BCUT2D eigenvalue weighted by Crippen LogP contribution is 2.23. The summed E-state index contributed by atoms with van der Waals surface area (Å²) in [5.74, 6) is -17.3. The molecule has 540 valence electrons. The first-order chi connectivity index (χ1) is 44.2. The van der Waals surface area contributed by atoms with Crippen LogP contribution in [0.3, 0.4) is 0 Å². The van der Waals surface area contributed by atoms with Crippen molar-refractivity contribution in [1.29, 1.82) is 0 Å². The average Bonchev–Trinajstić information content (AvgIpc) is 1.82. The van der Waals surface area contributed by atoms with Gasteiger partial charge in [-0.15, -0.1) is 0 Å². The number of nitrogens with two attached hydrogens (primary N) is 2. The zero-order chi connectivity index (χ0) is 72.6. The molecule has 2 aliphatic rings. The Balaban J connectivity index is 2.94. The van der Waals surface area contributed by atoms with Crippen molar-refractivity contribution in [1.82, 2.24) is 63.0 Å². The van der Waals surface area contributed by atoms with Crippen LogP contribution in [0.1, 0.15) is 174 Å². The van der Waals surface area contributed by atoms with E-state index in [9.17, 15) is 87.5 Å². The summed E-state index contributed by atoms with van der Waals surface area (Å²) < 4.78 is 0. The Hall–Kier alpha value is -7.58. The Kier molecular flexibility index (Phi) is 34.7. The maximum Gasteiger partial charge on any atom is 0.248 e. The molecule has 0 radical (unpaired) electrons. The monoisotopic (exact) mass is 1350 g/mol. The van der Waals surface area contributed by atoms with Crippen molar-refractivity contribution in [2.24, 2.45) is 41.1 Å². The van der Waals surface area contributed by atoms with E-state index >= 15 is 0 Å². The number of nitrogens with zero attached hydrogens (tertiary/aromatic N) is 2. The summed E-state index contributed by atoms with van der Waals surface area (Å²) in [5.41, 5.74) is 11.1. The topological polar surface area (TPSA) is 499 Å². The summed E-state index contributed by atoms with van der Waals surface area (Å²) in [4.78, 5) is 199. The number of carbonyl (C=O) groups excluding carboxylic acids is 14. The Labute approximate surface area is 556 Å². The fourth-order valence-corrected chi connectivity index (χ4v) is 11.1. The van der Waals surface area contributed by atoms with Gasteiger partial charge in [0, 0.05) is 32.5 Å². The molecule has 0 spiro atoms. The highest BCUT2D eigenvalue weighted by molar-refractivity contribution is 6.01. The third-order valence-electron chi connectivity index (χ3n) is 17.0. The number of aliphatic hydroxyl groups is 4. The van der Waals surface area contributed by atoms with Crippen LogP contribution >= 0.6 is 0 Å². The molecule has 32 nitrogen and oxygen atoms in total. The van der Waals surface area contributed by atoms with Crippen molar-refractivity contribution in [3.63, 3.8) is 0 Å². The van der Waals surface area contributed by atoms with Gasteiger partial charge in [-0.25, -0.2) is 0 Å². The van der Waals surface area contributed by atoms with Crippen LogP contribution in [0.4, 0.5) is 0 Å². The minimum atomic E-state index is -1.90. The second-order valence-corrected chi connectivity index (χ2v) is 26.8. The zero-order valence-electron chi connectivity index (χ0n) is 57.9. The Morgan fingerprint density at radius 1 is 0.526 bits per heavy atom. The lowest BCUT2D eigenvalue weighted by Gasteiger charge is -2.36. The van der Waals surface area contributed by atoms with Gasteiger partial charge < -0.3 is 94.9 Å². The van der Waals surface area contributed by atoms with Crippen molar-refractivity contribution in [3.8, 4) is 0 Å². The normalized spacial score (nSPS) is 28.1. The van der Waals surface area contributed by atoms with E-state index in [1.807, 2.05) is 6.92 Å². The summed E-state index contributed by atoms with van der Waals surface area (Å²) in [7, 11) is 1.17. The second-order valence-electron chi connectivity index (χ2n) is 26.8. The third kappa shape index (κ3) is 25.8. The van der Waals surface area contributed by atoms with Crippen LogP contribution in [0.5, 0.6) is 0 Å². The number of primary amides is 2. The van der Waals surface area contributed by atoms with E-state index in [0.29, 0.717) is 12.8 Å². The Bertz CT molecular complexity index is 2680. The molecule has 14 amide bonds. The first-order valence-electron chi connectivity index (χ1n) is 33.1. The average molecular weight is 1350 g/mol. The number of rotatable bonds is 20. The number of fused-ring (bicyclic) bond motifs is 1. The molecule has 2 aliphatic heterocycles. The molecule has 18 N–H and O–H groups in total. The standard InChI is InChI=1S/C63H110N14O18/c1-16-18-19-21-37-27-44(82)71-45(30(5)6)57(89)75-48(51(83)31(7)8)59(91)66-34(12)53(85)74-49(52(84)32(9)10)60(92)68-38(23-24-42(64)80)62(94)76(15)50(33(11)17-2)61(93)70-40(28-43(65)81)55(87)73-47(36(14)79)63(95)77-25-20-22-41(77)56(88)69-39(26-29(3)4)54(86)72-46(35(13)78)58(90)67-37/h29-41,45-52,78-79,83-84H,16-28H2,1-15H3,(H2,64,80)(H2,65,81)(H,66,91)(H,67,90)(H,68,92)(H,69,88)(H,70,93)(H,71,82)(H,72,86)(H,73,87)(H,74,85)(H,75,89)/t33-,34-,35+,36-,37?,38-,39+,40+,41-,45-,46-,47+,48+,49+,50-,51?,52?/m0/s1. The van der Waals surface area contributed by atoms with Gasteiger partial charge in [-0.3, -0.25) is 67.1 Å². The largest absolute Gasteiger partial charge is 0.391 e. The van der Waals surface area contributed by atoms with E-state index in [0.717, 1.165) is 23.1 Å². The molecule has 0 bridgehead atoms. The lowest BCUT2D eigenvalue weighted by atomic mass is 9.95. The van der Waals surface area contributed by atoms with Gasteiger partial charge in [0.25, 0.3) is 0 Å². The number of unbranched alkanes of at least 4 members (excludes halogenated alkanes) is 2. The van der Waals surface area contributed by atoms with E-state index in [1.165, 1.54) is 34.7 Å². The predicted octanol–water partition coefficient (Wildman–Crippen LogP) is -3.66. The molecule has 17 atom stereocenters. The zero-order valence-corrected chi connectivity index (χ0v) is 57.9. The van der Waals surface area contributed by atoms with Crippen molar-refractivity contribution >= 4 is 82.7 Å². The minimum absolute atomic E-state index is 0.0214. The summed E-state index contributed by atoms with van der Waals surface area (Å²) in [6, 6.07) is -19.0. The minimum Gasteiger partial charge on any atom is -0.391 e. The van der Waals surface area contributed by atoms with Crippen LogP contribution in [0.15, 0.2) is 0 Å². The molecule has 0 aromatic carbocycles. The maximum atomic E-state index is 14.7. The van der Waals surface area contributed by atoms with Crippen molar-refractivity contribution in [2.45, 2.75) is 271 Å². The SMILES string of the molecule is CCCCCC1CC(=O)N[C@@H](C(C)C)C(=O)N[C@H](C(O)C(C)C)C(=O)N[C@@H](C)C(=O)N[C@H](C(O)C(C)C)C(=O)N[C@@H](CCC(N)=O)C(=O)N(C)[C@@H]([C@@H](C)CC)C(=O)N[C@H](CC(N)=O)C(=O)N[C@H]([C@H](C)O)C(=O)N2CCC[C@H]2C(=O)N[C@H](CC(C)C)C(=O)N[C@@H]([C@@H](C)O)C(=O)N1. The fourth-order valence-electron chi connectivity index (χ4n) is 11.1. The van der Waals surface area contributed by atoms with Crippen LogP contribution < -0.4 is 64.6 Å². The van der Waals surface area contributed by atoms with Gasteiger partial charge in [0.1, 0.15) is 66.5 Å². The summed E-state index contributed by atoms with van der Waals surface area (Å²) in [6.45, 7) is 21.4. The summed E-state index contributed by atoms with van der Waals surface area (Å²) in [5, 5.41) is 70.1. The molecular weight excluding hydrogens is 1240 g/mol. The molecule has 0 saturated carbocycles. The maximum absolute atomic E-state index is 14.7. The smallest absolute Gasteiger partial charge is 0.248 e. The Morgan fingerprint density at radius 3 is 1.53 bits per heavy atom. The highest BCUT2D eigenvalue weighted by Gasteiger charge is 2.45. The first-order valence-corrected chi connectivity index (χ1v) is 33.1. The van der Waals surface area contributed by atoms with Gasteiger partial charge in [0.15, 0.2) is 0 Å². The van der Waals surface area contributed by atoms with Crippen LogP contribution in [-0.2, 0) is 67.1 Å². The van der Waals surface area contributed by atoms with Crippen molar-refractivity contribution < 1.29 is 87.5 Å². The van der Waals surface area contributed by atoms with Crippen LogP contribution in [-0.4, -0.2) is 223 Å². The molecule has 2 fully saturated rings. The molecular formula is C63H110N14O18. The molecule has 2 heterocycles. The fraction of sp³-hybridized carbons (Fsp3) is 0.778. The van der Waals surface area contributed by atoms with Crippen molar-refractivity contribution in [2.75, 3.05) is 13.6 Å². The van der Waals surface area contributed by atoms with E-state index < -0.39 is 229 Å². The molecule has 95 heavy (non-hydrogen) atoms. The van der Waals surface area contributed by atoms with E-state index in [1.54, 1.807) is 55.4 Å². The third-order valence-corrected chi connectivity index (χ3v) is 17.0. The number of likely N-dealkylation sites (N-methyl/N-ethyl adjacent to an activating group) is 1. The summed E-state index contributed by atoms with van der Waals surface area (Å²) >= 11 is 0. The van der Waals surface area contributed by atoms with Gasteiger partial charge in [-0.1, -0.05) is 102 Å². The molecule has 2 rings (SSSR count). The molecule has 32 heteroatoms. The molecule has 0 aromatic heterocycles. The quantitative estimate of drug-likeness (QED) is 0.0523. The van der Waals surface area contributed by atoms with E-state index in [4.69, 9.17) is 11.5 Å². The molecule has 0 aromatic rings. The molecule has 3 unspecified atom stereocenters. The van der Waals surface area contributed by atoms with Gasteiger partial charge in [0.05, 0.1) is 30.8 Å². The number of amides is 14. The summed E-state index contributed by atoms with van der Waals surface area (Å²) in [6.07, 6.45) is -6.41. The number of nitrogens with one attached hydrogen (secondary N) is 10. The number of carbonyl (C=O) groups is 14. The highest BCUT2D eigenvalue weighted by atomic mass is 16.3. The lowest BCUT2D eigenvalue weighted by molar-refractivity contribution is -0.146. The van der Waals surface area contributed by atoms with E-state index in [-0.39, 0.29) is 44.6 Å². The van der Waals surface area contributed by atoms with Gasteiger partial charge in [-0.05, 0) is 82.5 Å². The lowest BCUT2D eigenvalue weighted by Crippen LogP contribution is -2.64. The number of aliphatic hydroxyl groups excluding tert-OH is 4. The second kappa shape index (κ2) is 39.5. The van der Waals surface area contributed by atoms with Gasteiger partial charge >= 0.3 is 0 Å². The first kappa shape index (κ1) is 83.5. The number of hydrogen-bond acceptors (Lipinski definition) is 18. The number of hydrogen-bond donors (Lipinski definition) is 16. The van der Waals surface area contributed by atoms with Gasteiger partial charge in [-0.2, -0.15) is 0 Å². The van der Waals surface area contributed by atoms with Gasteiger partial charge in [0.2, 0.25) is 82.7 Å². The molecule has 0 aliphatic carbocycles. The predicted molar refractivity (Wildman–Crippen MR) is 346 cm³/mol. The molecule has 2 saturated heterocycles.